The SMILES string of the molecule is CC(C)(C)c1cccc(OC[C@@H](O)CN)c1. The predicted molar refractivity (Wildman–Crippen MR) is 65.7 cm³/mol. The van der Waals surface area contributed by atoms with Crippen LogP contribution in [0.5, 0.6) is 5.75 Å². The van der Waals surface area contributed by atoms with Gasteiger partial charge in [0.15, 0.2) is 0 Å². The average molecular weight is 223 g/mol. The minimum absolute atomic E-state index is 0.103. The van der Waals surface area contributed by atoms with Crippen LogP contribution in [0.2, 0.25) is 0 Å². The topological polar surface area (TPSA) is 55.5 Å². The summed E-state index contributed by atoms with van der Waals surface area (Å²) in [4.78, 5) is 0. The van der Waals surface area contributed by atoms with Gasteiger partial charge in [0.05, 0.1) is 0 Å². The van der Waals surface area contributed by atoms with Gasteiger partial charge in [-0.05, 0) is 23.1 Å². The first kappa shape index (κ1) is 13.0. The highest BCUT2D eigenvalue weighted by molar-refractivity contribution is 5.32. The van der Waals surface area contributed by atoms with Gasteiger partial charge in [-0.1, -0.05) is 32.9 Å². The number of hydrogen-bond donors (Lipinski definition) is 2. The van der Waals surface area contributed by atoms with Crippen molar-refractivity contribution in [2.24, 2.45) is 5.73 Å². The minimum atomic E-state index is -0.599. The molecule has 1 atom stereocenters. The van der Waals surface area contributed by atoms with E-state index in [2.05, 4.69) is 26.8 Å². The van der Waals surface area contributed by atoms with Crippen LogP contribution in [0.3, 0.4) is 0 Å². The summed E-state index contributed by atoms with van der Waals surface area (Å²) in [5.41, 5.74) is 6.62. The highest BCUT2D eigenvalue weighted by Gasteiger charge is 2.14. The van der Waals surface area contributed by atoms with Crippen LogP contribution in [-0.4, -0.2) is 24.4 Å². The van der Waals surface area contributed by atoms with Crippen molar-refractivity contribution >= 4 is 0 Å². The molecule has 0 aliphatic heterocycles. The molecule has 0 radical (unpaired) electrons. The summed E-state index contributed by atoms with van der Waals surface area (Å²) in [6, 6.07) is 7.93. The van der Waals surface area contributed by atoms with Gasteiger partial charge < -0.3 is 15.6 Å². The normalized spacial score (nSPS) is 13.6. The van der Waals surface area contributed by atoms with Crippen molar-refractivity contribution in [1.82, 2.24) is 0 Å². The van der Waals surface area contributed by atoms with Crippen molar-refractivity contribution in [3.63, 3.8) is 0 Å². The summed E-state index contributed by atoms with van der Waals surface area (Å²) in [5, 5.41) is 9.30. The Morgan fingerprint density at radius 1 is 1.38 bits per heavy atom. The third-order valence-electron chi connectivity index (χ3n) is 2.41. The van der Waals surface area contributed by atoms with E-state index in [4.69, 9.17) is 10.5 Å². The Labute approximate surface area is 97.2 Å². The van der Waals surface area contributed by atoms with Crippen LogP contribution >= 0.6 is 0 Å². The largest absolute Gasteiger partial charge is 0.491 e. The molecule has 1 aromatic rings. The molecule has 1 aromatic carbocycles. The van der Waals surface area contributed by atoms with Crippen LogP contribution in [0, 0.1) is 0 Å². The summed E-state index contributed by atoms with van der Waals surface area (Å²) in [6.07, 6.45) is -0.599. The number of nitrogens with two attached hydrogens (primary N) is 1. The number of aliphatic hydroxyl groups excluding tert-OH is 1. The average Bonchev–Trinajstić information content (AvgIpc) is 2.25. The van der Waals surface area contributed by atoms with Gasteiger partial charge in [-0.3, -0.25) is 0 Å². The molecule has 0 aliphatic rings. The molecule has 0 bridgehead atoms. The maximum Gasteiger partial charge on any atom is 0.119 e. The van der Waals surface area contributed by atoms with Crippen LogP contribution in [-0.2, 0) is 5.41 Å². The molecule has 0 saturated heterocycles. The van der Waals surface area contributed by atoms with Gasteiger partial charge in [0, 0.05) is 6.54 Å². The molecule has 1 rings (SSSR count). The zero-order chi connectivity index (χ0) is 12.2. The van der Waals surface area contributed by atoms with Crippen LogP contribution in [0.15, 0.2) is 24.3 Å². The van der Waals surface area contributed by atoms with E-state index in [1.165, 1.54) is 5.56 Å². The zero-order valence-corrected chi connectivity index (χ0v) is 10.2. The Morgan fingerprint density at radius 3 is 2.62 bits per heavy atom. The van der Waals surface area contributed by atoms with Crippen molar-refractivity contribution in [3.8, 4) is 5.75 Å². The van der Waals surface area contributed by atoms with Crippen LogP contribution < -0.4 is 10.5 Å². The van der Waals surface area contributed by atoms with E-state index in [1.54, 1.807) is 0 Å². The maximum absolute atomic E-state index is 9.30. The van der Waals surface area contributed by atoms with Crippen molar-refractivity contribution in [2.75, 3.05) is 13.2 Å². The summed E-state index contributed by atoms with van der Waals surface area (Å²) < 4.78 is 5.46. The molecular weight excluding hydrogens is 202 g/mol. The molecule has 0 unspecified atom stereocenters. The van der Waals surface area contributed by atoms with Crippen LogP contribution in [0.25, 0.3) is 0 Å². The van der Waals surface area contributed by atoms with Crippen LogP contribution in [0.1, 0.15) is 26.3 Å². The molecule has 0 amide bonds. The Bertz CT molecular complexity index is 331. The quantitative estimate of drug-likeness (QED) is 0.816. The second kappa shape index (κ2) is 5.32. The third-order valence-corrected chi connectivity index (χ3v) is 2.41. The molecular formula is C13H21NO2. The van der Waals surface area contributed by atoms with E-state index in [0.29, 0.717) is 0 Å². The standard InChI is InChI=1S/C13H21NO2/c1-13(2,3)10-5-4-6-12(7-10)16-9-11(15)8-14/h4-7,11,15H,8-9,14H2,1-3H3/t11-/m0/s1. The smallest absolute Gasteiger partial charge is 0.119 e. The van der Waals surface area contributed by atoms with Gasteiger partial charge in [-0.2, -0.15) is 0 Å². The van der Waals surface area contributed by atoms with Crippen molar-refractivity contribution in [1.29, 1.82) is 0 Å². The number of benzene rings is 1. The molecule has 3 heteroatoms. The monoisotopic (exact) mass is 223 g/mol. The van der Waals surface area contributed by atoms with E-state index in [-0.39, 0.29) is 18.6 Å². The Kier molecular flexibility index (Phi) is 4.33. The highest BCUT2D eigenvalue weighted by Crippen LogP contribution is 2.25. The zero-order valence-electron chi connectivity index (χ0n) is 10.2. The maximum atomic E-state index is 9.30. The number of hydrogen-bond acceptors (Lipinski definition) is 3. The first-order valence-electron chi connectivity index (χ1n) is 5.55. The predicted octanol–water partition coefficient (Wildman–Crippen LogP) is 1.68. The summed E-state index contributed by atoms with van der Waals surface area (Å²) in [6.45, 7) is 6.92. The second-order valence-electron chi connectivity index (χ2n) is 4.98. The minimum Gasteiger partial charge on any atom is -0.491 e. The summed E-state index contributed by atoms with van der Waals surface area (Å²) in [5.74, 6) is 0.778. The fourth-order valence-electron chi connectivity index (χ4n) is 1.31. The number of rotatable bonds is 4. The number of aliphatic hydroxyl groups is 1. The fraction of sp³-hybridized carbons (Fsp3) is 0.538. The van der Waals surface area contributed by atoms with E-state index < -0.39 is 6.10 Å². The molecule has 0 aromatic heterocycles. The molecule has 0 aliphatic carbocycles. The first-order valence-corrected chi connectivity index (χ1v) is 5.55. The van der Waals surface area contributed by atoms with Gasteiger partial charge in [0.2, 0.25) is 0 Å². The Morgan fingerprint density at radius 2 is 2.06 bits per heavy atom. The van der Waals surface area contributed by atoms with Crippen molar-refractivity contribution in [3.05, 3.63) is 29.8 Å². The molecule has 0 fully saturated rings. The summed E-state index contributed by atoms with van der Waals surface area (Å²) in [7, 11) is 0. The lowest BCUT2D eigenvalue weighted by molar-refractivity contribution is 0.114. The van der Waals surface area contributed by atoms with E-state index in [0.717, 1.165) is 5.75 Å². The molecule has 0 heterocycles. The third kappa shape index (κ3) is 3.83. The lowest BCUT2D eigenvalue weighted by atomic mass is 9.87. The van der Waals surface area contributed by atoms with Gasteiger partial charge in [-0.25, -0.2) is 0 Å². The first-order chi connectivity index (χ1) is 7.43. The molecule has 3 N–H and O–H groups in total. The summed E-state index contributed by atoms with van der Waals surface area (Å²) >= 11 is 0. The van der Waals surface area contributed by atoms with Gasteiger partial charge in [-0.15, -0.1) is 0 Å². The molecule has 3 nitrogen and oxygen atoms in total. The van der Waals surface area contributed by atoms with E-state index >= 15 is 0 Å². The van der Waals surface area contributed by atoms with Crippen molar-refractivity contribution < 1.29 is 9.84 Å². The number of ether oxygens (including phenoxy) is 1. The molecule has 0 spiro atoms. The van der Waals surface area contributed by atoms with E-state index in [9.17, 15) is 5.11 Å². The lowest BCUT2D eigenvalue weighted by Crippen LogP contribution is -2.26. The Hall–Kier alpha value is -1.06. The Balaban J connectivity index is 2.68. The highest BCUT2D eigenvalue weighted by atomic mass is 16.5. The molecule has 90 valence electrons. The lowest BCUT2D eigenvalue weighted by Gasteiger charge is -2.20. The van der Waals surface area contributed by atoms with Gasteiger partial charge >= 0.3 is 0 Å². The molecule has 16 heavy (non-hydrogen) atoms. The fourth-order valence-corrected chi connectivity index (χ4v) is 1.31. The van der Waals surface area contributed by atoms with Crippen molar-refractivity contribution in [2.45, 2.75) is 32.3 Å². The second-order valence-corrected chi connectivity index (χ2v) is 4.98. The van der Waals surface area contributed by atoms with Crippen LogP contribution in [0.4, 0.5) is 0 Å². The van der Waals surface area contributed by atoms with Gasteiger partial charge in [0.25, 0.3) is 0 Å². The van der Waals surface area contributed by atoms with E-state index in [1.807, 2.05) is 18.2 Å². The molecule has 0 saturated carbocycles. The van der Waals surface area contributed by atoms with Gasteiger partial charge in [0.1, 0.15) is 18.5 Å².